The summed E-state index contributed by atoms with van der Waals surface area (Å²) < 4.78 is 42.8. The van der Waals surface area contributed by atoms with Crippen molar-refractivity contribution < 1.29 is 18.0 Å². The summed E-state index contributed by atoms with van der Waals surface area (Å²) in [4.78, 5) is 28.8. The van der Waals surface area contributed by atoms with Crippen LogP contribution in [0.5, 0.6) is 0 Å². The van der Waals surface area contributed by atoms with Gasteiger partial charge in [0.2, 0.25) is 0 Å². The van der Waals surface area contributed by atoms with Crippen molar-refractivity contribution in [2.75, 3.05) is 25.5 Å². The van der Waals surface area contributed by atoms with Gasteiger partial charge in [-0.1, -0.05) is 18.2 Å². The molecular formula is C27H31F3N4O2. The summed E-state index contributed by atoms with van der Waals surface area (Å²) in [5.41, 5.74) is -0.0109. The molecule has 2 N–H and O–H groups in total. The van der Waals surface area contributed by atoms with E-state index in [4.69, 9.17) is 0 Å². The van der Waals surface area contributed by atoms with Gasteiger partial charge in [0.05, 0.1) is 22.9 Å². The molecule has 1 aromatic carbocycles. The molecule has 6 rings (SSSR count). The van der Waals surface area contributed by atoms with Crippen molar-refractivity contribution in [2.24, 2.45) is 23.7 Å². The molecule has 4 aliphatic rings. The summed E-state index contributed by atoms with van der Waals surface area (Å²) >= 11 is 0. The molecule has 4 fully saturated rings. The molecule has 0 spiro atoms. The standard InChI is InChI=1S/C27H31F3N4O2/c1-13(15-4-3-5-16(24(15)28)26(29)30)31-27(36)20-12-34(22-8-17(22)14-6-7-14)23(35)9-21(20)32-25-18-10-33(2)11-19(18)25/h3-5,9,12-14,17-19,22,25-26,32H,6-8,10-11H2,1-2H3,(H,31,36)/t13-,17+,18-,19+,22-,25+/m1/s1. The van der Waals surface area contributed by atoms with E-state index in [2.05, 4.69) is 22.6 Å². The van der Waals surface area contributed by atoms with Crippen molar-refractivity contribution in [3.63, 3.8) is 0 Å². The number of carbonyl (C=O) groups is 1. The molecule has 192 valence electrons. The van der Waals surface area contributed by atoms with Crippen LogP contribution < -0.4 is 16.2 Å². The number of fused-ring (bicyclic) bond motifs is 1. The van der Waals surface area contributed by atoms with Gasteiger partial charge in [-0.3, -0.25) is 9.59 Å². The summed E-state index contributed by atoms with van der Waals surface area (Å²) in [6.45, 7) is 3.52. The summed E-state index contributed by atoms with van der Waals surface area (Å²) in [5.74, 6) is 0.656. The maximum Gasteiger partial charge on any atom is 0.266 e. The van der Waals surface area contributed by atoms with Gasteiger partial charge >= 0.3 is 0 Å². The van der Waals surface area contributed by atoms with Gasteiger partial charge in [0.25, 0.3) is 17.9 Å². The first kappa shape index (κ1) is 23.6. The predicted octanol–water partition coefficient (Wildman–Crippen LogP) is 4.36. The van der Waals surface area contributed by atoms with Crippen LogP contribution in [-0.2, 0) is 0 Å². The number of pyridine rings is 1. The maximum atomic E-state index is 14.7. The zero-order valence-electron chi connectivity index (χ0n) is 20.4. The van der Waals surface area contributed by atoms with Crippen molar-refractivity contribution in [1.29, 1.82) is 0 Å². The number of aromatic nitrogens is 1. The lowest BCUT2D eigenvalue weighted by molar-refractivity contribution is 0.0939. The number of amides is 1. The normalized spacial score (nSPS) is 29.7. The third-order valence-electron chi connectivity index (χ3n) is 8.52. The Kier molecular flexibility index (Phi) is 5.66. The van der Waals surface area contributed by atoms with Gasteiger partial charge in [-0.25, -0.2) is 13.2 Å². The molecule has 2 heterocycles. The van der Waals surface area contributed by atoms with E-state index in [0.29, 0.717) is 34.9 Å². The van der Waals surface area contributed by atoms with E-state index in [1.54, 1.807) is 17.7 Å². The number of carbonyl (C=O) groups excluding carboxylic acids is 1. The molecule has 0 bridgehead atoms. The lowest BCUT2D eigenvalue weighted by Crippen LogP contribution is -2.32. The predicted molar refractivity (Wildman–Crippen MR) is 130 cm³/mol. The molecule has 0 radical (unpaired) electrons. The first-order chi connectivity index (χ1) is 17.2. The molecule has 1 aliphatic heterocycles. The van der Waals surface area contributed by atoms with E-state index in [1.807, 2.05) is 0 Å². The molecule has 9 heteroatoms. The third kappa shape index (κ3) is 4.21. The van der Waals surface area contributed by atoms with E-state index in [1.165, 1.54) is 31.0 Å². The number of hydrogen-bond donors (Lipinski definition) is 2. The van der Waals surface area contributed by atoms with E-state index < -0.39 is 29.8 Å². The van der Waals surface area contributed by atoms with Crippen LogP contribution in [0.2, 0.25) is 0 Å². The van der Waals surface area contributed by atoms with Crippen LogP contribution in [-0.4, -0.2) is 41.6 Å². The van der Waals surface area contributed by atoms with Crippen LogP contribution in [0.15, 0.2) is 35.3 Å². The van der Waals surface area contributed by atoms with E-state index in [-0.39, 0.29) is 23.2 Å². The molecule has 6 atom stereocenters. The largest absolute Gasteiger partial charge is 0.381 e. The second-order valence-electron chi connectivity index (χ2n) is 11.1. The second kappa shape index (κ2) is 8.64. The van der Waals surface area contributed by atoms with Crippen molar-refractivity contribution in [2.45, 2.75) is 50.7 Å². The van der Waals surface area contributed by atoms with Crippen molar-refractivity contribution in [3.05, 3.63) is 63.3 Å². The highest BCUT2D eigenvalue weighted by atomic mass is 19.3. The molecule has 6 nitrogen and oxygen atoms in total. The number of piperidine rings is 1. The van der Waals surface area contributed by atoms with Crippen LogP contribution in [0, 0.1) is 29.5 Å². The fourth-order valence-corrected chi connectivity index (χ4v) is 6.21. The summed E-state index contributed by atoms with van der Waals surface area (Å²) in [7, 11) is 2.08. The zero-order valence-corrected chi connectivity index (χ0v) is 20.4. The minimum Gasteiger partial charge on any atom is -0.381 e. The van der Waals surface area contributed by atoms with E-state index in [0.717, 1.165) is 25.6 Å². The fourth-order valence-electron chi connectivity index (χ4n) is 6.21. The van der Waals surface area contributed by atoms with Crippen LogP contribution in [0.25, 0.3) is 0 Å². The molecular weight excluding hydrogens is 469 g/mol. The van der Waals surface area contributed by atoms with Crippen molar-refractivity contribution in [1.82, 2.24) is 14.8 Å². The van der Waals surface area contributed by atoms with Gasteiger partial charge in [-0.15, -0.1) is 0 Å². The summed E-state index contributed by atoms with van der Waals surface area (Å²) in [6, 6.07) is 4.81. The Bertz CT molecular complexity index is 1250. The quantitative estimate of drug-likeness (QED) is 0.566. The maximum absolute atomic E-state index is 14.7. The number of alkyl halides is 2. The molecule has 1 saturated heterocycles. The van der Waals surface area contributed by atoms with E-state index >= 15 is 0 Å². The second-order valence-corrected chi connectivity index (χ2v) is 11.1. The van der Waals surface area contributed by atoms with Crippen LogP contribution in [0.3, 0.4) is 0 Å². The van der Waals surface area contributed by atoms with Crippen LogP contribution >= 0.6 is 0 Å². The van der Waals surface area contributed by atoms with Gasteiger partial charge < -0.3 is 20.1 Å². The van der Waals surface area contributed by atoms with Gasteiger partial charge in [0.1, 0.15) is 5.82 Å². The number of nitrogens with zero attached hydrogens (tertiary/aromatic N) is 2. The van der Waals surface area contributed by atoms with E-state index in [9.17, 15) is 22.8 Å². The average Bonchev–Trinajstić information content (AvgIpc) is 3.73. The highest BCUT2D eigenvalue weighted by Gasteiger charge is 2.55. The van der Waals surface area contributed by atoms with Crippen molar-refractivity contribution in [3.8, 4) is 0 Å². The van der Waals surface area contributed by atoms with Crippen molar-refractivity contribution >= 4 is 11.6 Å². The lowest BCUT2D eigenvalue weighted by atomic mass is 10.0. The molecule has 36 heavy (non-hydrogen) atoms. The van der Waals surface area contributed by atoms with Gasteiger partial charge in [0.15, 0.2) is 0 Å². The Morgan fingerprint density at radius 1 is 1.11 bits per heavy atom. The number of benzene rings is 1. The number of rotatable bonds is 8. The first-order valence-corrected chi connectivity index (χ1v) is 12.8. The minimum absolute atomic E-state index is 0.000247. The van der Waals surface area contributed by atoms with Gasteiger partial charge in [0, 0.05) is 43.0 Å². The number of hydrogen-bond acceptors (Lipinski definition) is 4. The molecule has 3 aliphatic carbocycles. The van der Waals surface area contributed by atoms with Gasteiger partial charge in [-0.05, 0) is 56.9 Å². The lowest BCUT2D eigenvalue weighted by Gasteiger charge is -2.20. The smallest absolute Gasteiger partial charge is 0.266 e. The first-order valence-electron chi connectivity index (χ1n) is 12.8. The van der Waals surface area contributed by atoms with Gasteiger partial charge in [-0.2, -0.15) is 0 Å². The Hall–Kier alpha value is -2.81. The zero-order chi connectivity index (χ0) is 25.3. The Morgan fingerprint density at radius 3 is 2.47 bits per heavy atom. The summed E-state index contributed by atoms with van der Waals surface area (Å²) in [5, 5.41) is 6.21. The monoisotopic (exact) mass is 500 g/mol. The Labute approximate surface area is 207 Å². The molecule has 2 aromatic rings. The van der Waals surface area contributed by atoms with Crippen LogP contribution in [0.4, 0.5) is 18.9 Å². The summed E-state index contributed by atoms with van der Waals surface area (Å²) in [6.07, 6.45) is 2.03. The number of nitrogens with one attached hydrogen (secondary N) is 2. The minimum atomic E-state index is -2.94. The highest BCUT2D eigenvalue weighted by Crippen LogP contribution is 2.56. The third-order valence-corrected chi connectivity index (χ3v) is 8.52. The SMILES string of the molecule is C[C@@H](NC(=O)c1cn([C@@H]2C[C@H]2C2CC2)c(=O)cc1N[C@H]1[C@@H]2CN(C)C[C@@H]21)c1cccc(C(F)F)c1F. The number of likely N-dealkylation sites (tertiary alicyclic amines) is 1. The fraction of sp³-hybridized carbons (Fsp3) is 0.556. The van der Waals surface area contributed by atoms with Crippen LogP contribution in [0.1, 0.15) is 66.2 Å². The Morgan fingerprint density at radius 2 is 1.81 bits per heavy atom. The molecule has 3 saturated carbocycles. The number of anilines is 1. The molecule has 1 aromatic heterocycles. The topological polar surface area (TPSA) is 66.4 Å². The number of halogens is 3. The highest BCUT2D eigenvalue weighted by molar-refractivity contribution is 5.99. The molecule has 1 amide bonds. The Balaban J connectivity index is 1.27. The average molecular weight is 501 g/mol. The molecule has 0 unspecified atom stereocenters.